The maximum atomic E-state index is 5.97. The number of aromatic nitrogens is 2. The van der Waals surface area contributed by atoms with E-state index in [1.807, 2.05) is 18.2 Å². The highest BCUT2D eigenvalue weighted by Gasteiger charge is 2.03. The summed E-state index contributed by atoms with van der Waals surface area (Å²) in [5.41, 5.74) is 5.42. The Morgan fingerprint density at radius 1 is 1.38 bits per heavy atom. The molecule has 84 valence electrons. The van der Waals surface area contributed by atoms with Crippen molar-refractivity contribution in [2.75, 3.05) is 6.54 Å². The summed E-state index contributed by atoms with van der Waals surface area (Å²) in [6.07, 6.45) is 3.43. The molecule has 0 atom stereocenters. The maximum absolute atomic E-state index is 5.97. The molecule has 0 spiro atoms. The predicted octanol–water partition coefficient (Wildman–Crippen LogP) is 2.29. The van der Waals surface area contributed by atoms with Crippen molar-refractivity contribution in [3.8, 4) is 11.5 Å². The van der Waals surface area contributed by atoms with Gasteiger partial charge in [-0.15, -0.1) is 0 Å². The number of halogens is 1. The Balaban J connectivity index is 2.11. The van der Waals surface area contributed by atoms with Gasteiger partial charge < -0.3 is 10.5 Å². The molecule has 5 heteroatoms. The zero-order chi connectivity index (χ0) is 11.4. The van der Waals surface area contributed by atoms with Crippen LogP contribution in [0.3, 0.4) is 0 Å². The molecule has 0 amide bonds. The standard InChI is InChI=1S/C11H12ClN3O/c12-10-3-1-2-4-11(10)16-9-7-14-15(8-9)6-5-13/h1-4,7-8H,5-6,13H2. The Kier molecular flexibility index (Phi) is 3.44. The van der Waals surface area contributed by atoms with Gasteiger partial charge in [0, 0.05) is 6.54 Å². The van der Waals surface area contributed by atoms with Crippen LogP contribution in [0.4, 0.5) is 0 Å². The predicted molar refractivity (Wildman–Crippen MR) is 62.8 cm³/mol. The third kappa shape index (κ3) is 2.53. The molecule has 2 rings (SSSR count). The van der Waals surface area contributed by atoms with Gasteiger partial charge in [0.2, 0.25) is 0 Å². The molecule has 4 nitrogen and oxygen atoms in total. The van der Waals surface area contributed by atoms with Crippen LogP contribution in [0, 0.1) is 0 Å². The summed E-state index contributed by atoms with van der Waals surface area (Å²) in [5.74, 6) is 1.28. The van der Waals surface area contributed by atoms with Crippen LogP contribution in [0.1, 0.15) is 0 Å². The molecule has 1 aromatic carbocycles. The zero-order valence-electron chi connectivity index (χ0n) is 8.64. The SMILES string of the molecule is NCCn1cc(Oc2ccccc2Cl)cn1. The second kappa shape index (κ2) is 5.01. The third-order valence-corrected chi connectivity index (χ3v) is 2.34. The zero-order valence-corrected chi connectivity index (χ0v) is 9.39. The van der Waals surface area contributed by atoms with E-state index in [0.717, 1.165) is 0 Å². The summed E-state index contributed by atoms with van der Waals surface area (Å²) in [6.45, 7) is 1.22. The number of nitrogens with two attached hydrogens (primary N) is 1. The van der Waals surface area contributed by atoms with E-state index < -0.39 is 0 Å². The Bertz CT molecular complexity index is 470. The lowest BCUT2D eigenvalue weighted by Gasteiger charge is -2.03. The van der Waals surface area contributed by atoms with Crippen LogP contribution in [-0.2, 0) is 6.54 Å². The molecular weight excluding hydrogens is 226 g/mol. The van der Waals surface area contributed by atoms with Crippen LogP contribution < -0.4 is 10.5 Å². The summed E-state index contributed by atoms with van der Waals surface area (Å²) in [4.78, 5) is 0. The first-order valence-electron chi connectivity index (χ1n) is 4.94. The highest BCUT2D eigenvalue weighted by molar-refractivity contribution is 6.32. The van der Waals surface area contributed by atoms with Crippen LogP contribution >= 0.6 is 11.6 Å². The fourth-order valence-electron chi connectivity index (χ4n) is 1.31. The lowest BCUT2D eigenvalue weighted by atomic mass is 10.3. The number of rotatable bonds is 4. The van der Waals surface area contributed by atoms with Crippen molar-refractivity contribution in [3.05, 3.63) is 41.7 Å². The van der Waals surface area contributed by atoms with Crippen LogP contribution in [0.2, 0.25) is 5.02 Å². The number of hydrogen-bond acceptors (Lipinski definition) is 3. The molecule has 0 fully saturated rings. The van der Waals surface area contributed by atoms with E-state index in [4.69, 9.17) is 22.1 Å². The van der Waals surface area contributed by atoms with Gasteiger partial charge in [-0.2, -0.15) is 5.10 Å². The highest BCUT2D eigenvalue weighted by atomic mass is 35.5. The average Bonchev–Trinajstić information content (AvgIpc) is 2.70. The molecule has 16 heavy (non-hydrogen) atoms. The Labute approximate surface area is 98.6 Å². The van der Waals surface area contributed by atoms with Crippen LogP contribution in [-0.4, -0.2) is 16.3 Å². The monoisotopic (exact) mass is 237 g/mol. The smallest absolute Gasteiger partial charge is 0.165 e. The molecule has 2 aromatic rings. The minimum atomic E-state index is 0.549. The van der Waals surface area contributed by atoms with Gasteiger partial charge >= 0.3 is 0 Å². The minimum absolute atomic E-state index is 0.549. The van der Waals surface area contributed by atoms with Crippen LogP contribution in [0.15, 0.2) is 36.7 Å². The second-order valence-corrected chi connectivity index (χ2v) is 3.67. The van der Waals surface area contributed by atoms with E-state index in [9.17, 15) is 0 Å². The average molecular weight is 238 g/mol. The first kappa shape index (κ1) is 11.0. The number of para-hydroxylation sites is 1. The molecule has 2 N–H and O–H groups in total. The lowest BCUT2D eigenvalue weighted by Crippen LogP contribution is -2.09. The largest absolute Gasteiger partial charge is 0.452 e. The molecule has 0 aliphatic carbocycles. The maximum Gasteiger partial charge on any atom is 0.165 e. The van der Waals surface area contributed by atoms with E-state index >= 15 is 0 Å². The molecule has 1 aromatic heterocycles. The van der Waals surface area contributed by atoms with Gasteiger partial charge in [0.05, 0.1) is 24.0 Å². The van der Waals surface area contributed by atoms with Gasteiger partial charge in [0.1, 0.15) is 5.75 Å². The van der Waals surface area contributed by atoms with E-state index in [1.54, 1.807) is 23.1 Å². The van der Waals surface area contributed by atoms with Crippen molar-refractivity contribution >= 4 is 11.6 Å². The van der Waals surface area contributed by atoms with Gasteiger partial charge in [0.15, 0.2) is 5.75 Å². The van der Waals surface area contributed by atoms with Crippen molar-refractivity contribution in [1.82, 2.24) is 9.78 Å². The number of nitrogens with zero attached hydrogens (tertiary/aromatic N) is 2. The van der Waals surface area contributed by atoms with Gasteiger partial charge in [-0.1, -0.05) is 23.7 Å². The molecule has 0 aliphatic rings. The molecule has 1 heterocycles. The summed E-state index contributed by atoms with van der Waals surface area (Å²) in [6, 6.07) is 7.31. The summed E-state index contributed by atoms with van der Waals surface area (Å²) in [7, 11) is 0. The van der Waals surface area contributed by atoms with E-state index in [0.29, 0.717) is 29.6 Å². The summed E-state index contributed by atoms with van der Waals surface area (Å²) >= 11 is 5.97. The first-order valence-corrected chi connectivity index (χ1v) is 5.32. The van der Waals surface area contributed by atoms with Crippen molar-refractivity contribution in [3.63, 3.8) is 0 Å². The summed E-state index contributed by atoms with van der Waals surface area (Å²) in [5, 5.41) is 4.68. The van der Waals surface area contributed by atoms with E-state index in [1.165, 1.54) is 0 Å². The molecule has 0 radical (unpaired) electrons. The van der Waals surface area contributed by atoms with E-state index in [-0.39, 0.29) is 0 Å². The molecule has 0 unspecified atom stereocenters. The second-order valence-electron chi connectivity index (χ2n) is 3.26. The molecular formula is C11H12ClN3O. The van der Waals surface area contributed by atoms with Crippen LogP contribution in [0.25, 0.3) is 0 Å². The third-order valence-electron chi connectivity index (χ3n) is 2.03. The fraction of sp³-hybridized carbons (Fsp3) is 0.182. The molecule has 0 saturated heterocycles. The van der Waals surface area contributed by atoms with E-state index in [2.05, 4.69) is 5.10 Å². The van der Waals surface area contributed by atoms with Gasteiger partial charge in [-0.25, -0.2) is 0 Å². The first-order chi connectivity index (χ1) is 7.79. The Hall–Kier alpha value is -1.52. The summed E-state index contributed by atoms with van der Waals surface area (Å²) < 4.78 is 7.31. The Morgan fingerprint density at radius 2 is 2.19 bits per heavy atom. The van der Waals surface area contributed by atoms with Gasteiger partial charge in [-0.05, 0) is 12.1 Å². The number of ether oxygens (including phenoxy) is 1. The fourth-order valence-corrected chi connectivity index (χ4v) is 1.48. The lowest BCUT2D eigenvalue weighted by molar-refractivity contribution is 0.481. The Morgan fingerprint density at radius 3 is 2.94 bits per heavy atom. The van der Waals surface area contributed by atoms with Crippen molar-refractivity contribution in [2.45, 2.75) is 6.54 Å². The highest BCUT2D eigenvalue weighted by Crippen LogP contribution is 2.28. The van der Waals surface area contributed by atoms with Gasteiger partial charge in [-0.3, -0.25) is 4.68 Å². The quantitative estimate of drug-likeness (QED) is 0.888. The van der Waals surface area contributed by atoms with Crippen molar-refractivity contribution in [1.29, 1.82) is 0 Å². The van der Waals surface area contributed by atoms with Crippen molar-refractivity contribution in [2.24, 2.45) is 5.73 Å². The topological polar surface area (TPSA) is 53.1 Å². The van der Waals surface area contributed by atoms with Crippen LogP contribution in [0.5, 0.6) is 11.5 Å². The van der Waals surface area contributed by atoms with Crippen molar-refractivity contribution < 1.29 is 4.74 Å². The number of hydrogen-bond donors (Lipinski definition) is 1. The molecule has 0 saturated carbocycles. The molecule has 0 aliphatic heterocycles. The van der Waals surface area contributed by atoms with Gasteiger partial charge in [0.25, 0.3) is 0 Å². The molecule has 0 bridgehead atoms. The minimum Gasteiger partial charge on any atom is -0.452 e. The normalized spacial score (nSPS) is 10.4. The number of benzene rings is 1.